The van der Waals surface area contributed by atoms with E-state index in [4.69, 9.17) is 0 Å². The maximum Gasteiger partial charge on any atom is 0.0706 e. The smallest absolute Gasteiger partial charge is 0.0706 e. The topological polar surface area (TPSA) is 24.7 Å². The molecule has 0 aromatic heterocycles. The molecule has 0 N–H and O–H groups in total. The van der Waals surface area contributed by atoms with Gasteiger partial charge in [0.1, 0.15) is 0 Å². The molecule has 64 valence electrons. The summed E-state index contributed by atoms with van der Waals surface area (Å²) in [6.45, 7) is 2.15. The van der Waals surface area contributed by atoms with Crippen molar-refractivity contribution in [3.8, 4) is 0 Å². The lowest BCUT2D eigenvalue weighted by molar-refractivity contribution is 0.770. The average molecular weight is 170 g/mol. The highest BCUT2D eigenvalue weighted by atomic mass is 14.8. The predicted molar refractivity (Wildman–Crippen MR) is 51.0 cm³/mol. The largest absolute Gasteiger partial charge is 0.282 e. The number of benzene rings is 1. The molecule has 0 radical (unpaired) electrons. The summed E-state index contributed by atoms with van der Waals surface area (Å²) in [5, 5.41) is 2.26. The fraction of sp³-hybridized carbons (Fsp3) is 0.273. The lowest BCUT2D eigenvalue weighted by atomic mass is 10.1. The molecule has 13 heavy (non-hydrogen) atoms. The monoisotopic (exact) mass is 170 g/mol. The Bertz CT molecular complexity index is 512. The molecule has 1 atom stereocenters. The molecule has 2 heteroatoms. The SMILES string of the molecule is CC1Cc2cc3c(cc2=N1)C=CN=3. The van der Waals surface area contributed by atoms with Crippen LogP contribution in [0.25, 0.3) is 6.08 Å². The van der Waals surface area contributed by atoms with Crippen LogP contribution in [0.15, 0.2) is 28.3 Å². The second kappa shape index (κ2) is 2.28. The van der Waals surface area contributed by atoms with E-state index in [1.54, 1.807) is 0 Å². The molecule has 1 aromatic rings. The third-order valence-corrected chi connectivity index (χ3v) is 2.57. The Labute approximate surface area is 76.3 Å². The molecule has 0 saturated carbocycles. The number of hydrogen-bond acceptors (Lipinski definition) is 2. The standard InChI is InChI=1S/C11H10N2/c1-7-4-9-6-10-8(2-3-12-10)5-11(9)13-7/h2-3,5-7H,4H2,1H3. The van der Waals surface area contributed by atoms with E-state index in [2.05, 4.69) is 29.0 Å². The van der Waals surface area contributed by atoms with Gasteiger partial charge in [0.25, 0.3) is 0 Å². The van der Waals surface area contributed by atoms with Gasteiger partial charge in [-0.3, -0.25) is 9.98 Å². The van der Waals surface area contributed by atoms with Crippen LogP contribution in [0.5, 0.6) is 0 Å². The Morgan fingerprint density at radius 1 is 1.31 bits per heavy atom. The van der Waals surface area contributed by atoms with E-state index in [-0.39, 0.29) is 0 Å². The maximum atomic E-state index is 4.55. The van der Waals surface area contributed by atoms with Crippen molar-refractivity contribution < 1.29 is 0 Å². The predicted octanol–water partition coefficient (Wildman–Crippen LogP) is 0.855. The number of nitrogens with zero attached hydrogens (tertiary/aromatic N) is 2. The average Bonchev–Trinajstić information content (AvgIpc) is 2.63. The van der Waals surface area contributed by atoms with Gasteiger partial charge in [-0.2, -0.15) is 0 Å². The van der Waals surface area contributed by atoms with Crippen LogP contribution in [0.1, 0.15) is 18.1 Å². The molecule has 0 amide bonds. The summed E-state index contributed by atoms with van der Waals surface area (Å²) in [6.07, 6.45) is 4.95. The molecule has 2 heterocycles. The van der Waals surface area contributed by atoms with Gasteiger partial charge in [-0.15, -0.1) is 0 Å². The van der Waals surface area contributed by atoms with E-state index in [1.807, 2.05) is 12.3 Å². The normalized spacial score (nSPS) is 22.1. The first kappa shape index (κ1) is 7.01. The molecule has 3 rings (SSSR count). The van der Waals surface area contributed by atoms with Crippen LogP contribution in [0, 0.1) is 0 Å². The molecular weight excluding hydrogens is 160 g/mol. The number of fused-ring (bicyclic) bond motifs is 2. The Morgan fingerprint density at radius 2 is 2.23 bits per heavy atom. The van der Waals surface area contributed by atoms with Gasteiger partial charge in [-0.05, 0) is 37.1 Å². The zero-order valence-electron chi connectivity index (χ0n) is 7.49. The van der Waals surface area contributed by atoms with Crippen molar-refractivity contribution in [1.29, 1.82) is 0 Å². The van der Waals surface area contributed by atoms with Crippen LogP contribution in [0.3, 0.4) is 0 Å². The highest BCUT2D eigenvalue weighted by Gasteiger charge is 2.13. The van der Waals surface area contributed by atoms with Crippen molar-refractivity contribution in [2.45, 2.75) is 19.4 Å². The van der Waals surface area contributed by atoms with Crippen molar-refractivity contribution in [1.82, 2.24) is 0 Å². The fourth-order valence-electron chi connectivity index (χ4n) is 1.96. The Hall–Kier alpha value is -1.44. The summed E-state index contributed by atoms with van der Waals surface area (Å²) in [4.78, 5) is 8.83. The molecule has 2 aliphatic rings. The second-order valence-electron chi connectivity index (χ2n) is 3.67. The quantitative estimate of drug-likeness (QED) is 0.551. The van der Waals surface area contributed by atoms with Crippen molar-refractivity contribution in [3.63, 3.8) is 0 Å². The van der Waals surface area contributed by atoms with Gasteiger partial charge in [-0.25, -0.2) is 0 Å². The minimum Gasteiger partial charge on any atom is -0.282 e. The molecule has 2 aliphatic heterocycles. The van der Waals surface area contributed by atoms with E-state index in [1.165, 1.54) is 11.1 Å². The summed E-state index contributed by atoms with van der Waals surface area (Å²) in [5.41, 5.74) is 2.55. The molecule has 0 bridgehead atoms. The van der Waals surface area contributed by atoms with Gasteiger partial charge in [0, 0.05) is 11.8 Å². The zero-order chi connectivity index (χ0) is 8.84. The molecule has 1 unspecified atom stereocenters. The molecular formula is C11H10N2. The first-order valence-electron chi connectivity index (χ1n) is 4.58. The van der Waals surface area contributed by atoms with E-state index < -0.39 is 0 Å². The first-order chi connectivity index (χ1) is 6.33. The highest BCUT2D eigenvalue weighted by Crippen LogP contribution is 2.08. The van der Waals surface area contributed by atoms with Crippen molar-refractivity contribution in [2.75, 3.05) is 0 Å². The van der Waals surface area contributed by atoms with Crippen LogP contribution in [0.2, 0.25) is 0 Å². The number of rotatable bonds is 0. The lowest BCUT2D eigenvalue weighted by Crippen LogP contribution is -2.13. The van der Waals surface area contributed by atoms with Crippen LogP contribution in [-0.2, 0) is 6.42 Å². The first-order valence-corrected chi connectivity index (χ1v) is 4.58. The highest BCUT2D eigenvalue weighted by molar-refractivity contribution is 5.52. The van der Waals surface area contributed by atoms with Gasteiger partial charge >= 0.3 is 0 Å². The van der Waals surface area contributed by atoms with Crippen LogP contribution in [0.4, 0.5) is 0 Å². The Balaban J connectivity index is 2.35. The van der Waals surface area contributed by atoms with Crippen molar-refractivity contribution >= 4 is 6.08 Å². The molecule has 0 aliphatic carbocycles. The van der Waals surface area contributed by atoms with E-state index in [0.29, 0.717) is 6.04 Å². The van der Waals surface area contributed by atoms with Gasteiger partial charge < -0.3 is 0 Å². The van der Waals surface area contributed by atoms with Crippen LogP contribution < -0.4 is 10.7 Å². The Morgan fingerprint density at radius 3 is 3.15 bits per heavy atom. The Kier molecular flexibility index (Phi) is 1.23. The van der Waals surface area contributed by atoms with E-state index >= 15 is 0 Å². The molecule has 0 fully saturated rings. The molecule has 1 aromatic carbocycles. The molecule has 0 saturated heterocycles. The van der Waals surface area contributed by atoms with Crippen LogP contribution in [-0.4, -0.2) is 6.04 Å². The summed E-state index contributed by atoms with van der Waals surface area (Å²) < 4.78 is 0. The summed E-state index contributed by atoms with van der Waals surface area (Å²) in [6, 6.07) is 4.75. The van der Waals surface area contributed by atoms with E-state index in [0.717, 1.165) is 17.1 Å². The second-order valence-corrected chi connectivity index (χ2v) is 3.67. The van der Waals surface area contributed by atoms with Crippen molar-refractivity contribution in [3.05, 3.63) is 40.2 Å². The van der Waals surface area contributed by atoms with Gasteiger partial charge in [0.2, 0.25) is 0 Å². The number of hydrogen-bond donors (Lipinski definition) is 0. The fourth-order valence-corrected chi connectivity index (χ4v) is 1.96. The third kappa shape index (κ3) is 0.949. The van der Waals surface area contributed by atoms with E-state index in [9.17, 15) is 0 Å². The van der Waals surface area contributed by atoms with Crippen LogP contribution >= 0.6 is 0 Å². The van der Waals surface area contributed by atoms with Gasteiger partial charge in [-0.1, -0.05) is 0 Å². The zero-order valence-corrected chi connectivity index (χ0v) is 7.49. The summed E-state index contributed by atoms with van der Waals surface area (Å²) in [5.74, 6) is 0. The van der Waals surface area contributed by atoms with Crippen molar-refractivity contribution in [2.24, 2.45) is 9.98 Å². The minimum atomic E-state index is 0.446. The lowest BCUT2D eigenvalue weighted by Gasteiger charge is -1.95. The summed E-state index contributed by atoms with van der Waals surface area (Å²) in [7, 11) is 0. The summed E-state index contributed by atoms with van der Waals surface area (Å²) >= 11 is 0. The van der Waals surface area contributed by atoms with Gasteiger partial charge in [0.05, 0.1) is 16.8 Å². The maximum absolute atomic E-state index is 4.55. The van der Waals surface area contributed by atoms with Gasteiger partial charge in [0.15, 0.2) is 0 Å². The molecule has 0 spiro atoms. The molecule has 2 nitrogen and oxygen atoms in total. The minimum absolute atomic E-state index is 0.446. The third-order valence-electron chi connectivity index (χ3n) is 2.57.